The topological polar surface area (TPSA) is 114 Å². The number of carbonyl (C=O) groups is 2. The fourth-order valence-electron chi connectivity index (χ4n) is 4.03. The first kappa shape index (κ1) is 22.0. The average molecular weight is 436 g/mol. The van der Waals surface area contributed by atoms with Crippen molar-refractivity contribution in [2.24, 2.45) is 0 Å². The largest absolute Gasteiger partial charge is 0.495 e. The molecule has 1 aromatic rings. The summed E-state index contributed by atoms with van der Waals surface area (Å²) in [5, 5.41) is 5.31. The Balaban J connectivity index is 1.41. The van der Waals surface area contributed by atoms with E-state index in [2.05, 4.69) is 10.6 Å². The minimum atomic E-state index is -1.02. The highest BCUT2D eigenvalue weighted by atomic mass is 16.9. The van der Waals surface area contributed by atoms with E-state index in [4.69, 9.17) is 28.4 Å². The summed E-state index contributed by atoms with van der Waals surface area (Å²) < 4.78 is 34.7. The molecule has 10 nitrogen and oxygen atoms in total. The molecular weight excluding hydrogens is 408 g/mol. The first-order chi connectivity index (χ1) is 14.6. The normalized spacial score (nSPS) is 32.6. The van der Waals surface area contributed by atoms with E-state index in [1.165, 1.54) is 7.11 Å². The molecule has 2 amide bonds. The number of fused-ring (bicyclic) bond motifs is 3. The number of rotatable bonds is 5. The van der Waals surface area contributed by atoms with Gasteiger partial charge in [0.2, 0.25) is 5.91 Å². The van der Waals surface area contributed by atoms with Gasteiger partial charge in [-0.2, -0.15) is 0 Å². The summed E-state index contributed by atoms with van der Waals surface area (Å²) in [7, 11) is 1.51. The van der Waals surface area contributed by atoms with Crippen molar-refractivity contribution < 1.29 is 38.0 Å². The van der Waals surface area contributed by atoms with E-state index in [1.807, 2.05) is 0 Å². The van der Waals surface area contributed by atoms with E-state index in [-0.39, 0.29) is 6.54 Å². The van der Waals surface area contributed by atoms with Crippen molar-refractivity contribution in [1.29, 1.82) is 0 Å². The molecule has 3 aliphatic heterocycles. The molecule has 0 spiro atoms. The summed E-state index contributed by atoms with van der Waals surface area (Å²) in [4.78, 5) is 25.3. The molecule has 3 fully saturated rings. The number of methoxy groups -OCH3 is 1. The van der Waals surface area contributed by atoms with Gasteiger partial charge in [0, 0.05) is 0 Å². The van der Waals surface area contributed by atoms with Crippen LogP contribution in [-0.4, -0.2) is 67.7 Å². The van der Waals surface area contributed by atoms with Crippen LogP contribution < -0.4 is 15.4 Å². The van der Waals surface area contributed by atoms with Crippen LogP contribution in [0.1, 0.15) is 27.7 Å². The maximum absolute atomic E-state index is 12.9. The lowest BCUT2D eigenvalue weighted by molar-refractivity contribution is -0.231. The average Bonchev–Trinajstić information content (AvgIpc) is 3.19. The van der Waals surface area contributed by atoms with Gasteiger partial charge in [-0.3, -0.25) is 9.59 Å². The van der Waals surface area contributed by atoms with Crippen molar-refractivity contribution in [3.05, 3.63) is 24.3 Å². The lowest BCUT2D eigenvalue weighted by Gasteiger charge is -2.36. The highest BCUT2D eigenvalue weighted by molar-refractivity contribution is 5.96. The number of amides is 2. The van der Waals surface area contributed by atoms with Crippen LogP contribution in [0.3, 0.4) is 0 Å². The molecule has 3 heterocycles. The van der Waals surface area contributed by atoms with Crippen molar-refractivity contribution in [3.63, 3.8) is 0 Å². The number of anilines is 1. The number of hydrogen-bond acceptors (Lipinski definition) is 8. The van der Waals surface area contributed by atoms with Gasteiger partial charge in [-0.05, 0) is 39.8 Å². The molecule has 10 heteroatoms. The zero-order valence-corrected chi connectivity index (χ0v) is 18.2. The van der Waals surface area contributed by atoms with Crippen LogP contribution in [0, 0.1) is 0 Å². The molecule has 4 rings (SSSR count). The van der Waals surface area contributed by atoms with Crippen LogP contribution in [-0.2, 0) is 33.3 Å². The standard InChI is InChI=1S/C21H28N2O8/c1-20(2)28-14-15(29-20)17-19(31-21(3,4)30-17)27-16(14)18(25)22-10-13(24)23-11-8-6-7-9-12(11)26-5/h6-9,14-17,19H,10H2,1-5H3,(H,22,25)(H,23,24)/t14-,15+,16+,17+,19+/m0/s1. The second-order valence-electron chi connectivity index (χ2n) is 8.56. The van der Waals surface area contributed by atoms with E-state index >= 15 is 0 Å². The molecule has 0 saturated carbocycles. The fraction of sp³-hybridized carbons (Fsp3) is 0.619. The Morgan fingerprint density at radius 3 is 2.35 bits per heavy atom. The number of carbonyl (C=O) groups excluding carboxylic acids is 2. The highest BCUT2D eigenvalue weighted by Gasteiger charge is 2.62. The highest BCUT2D eigenvalue weighted by Crippen LogP contribution is 2.44. The summed E-state index contributed by atoms with van der Waals surface area (Å²) in [5.41, 5.74) is 0.508. The van der Waals surface area contributed by atoms with Gasteiger partial charge in [0.05, 0.1) is 19.3 Å². The van der Waals surface area contributed by atoms with Gasteiger partial charge in [0.25, 0.3) is 5.91 Å². The van der Waals surface area contributed by atoms with Gasteiger partial charge in [0.15, 0.2) is 24.0 Å². The van der Waals surface area contributed by atoms with Crippen LogP contribution in [0.25, 0.3) is 0 Å². The first-order valence-corrected chi connectivity index (χ1v) is 10.2. The Morgan fingerprint density at radius 1 is 0.968 bits per heavy atom. The lowest BCUT2D eigenvalue weighted by atomic mass is 9.98. The third-order valence-electron chi connectivity index (χ3n) is 5.22. The molecule has 1 aromatic carbocycles. The molecule has 2 N–H and O–H groups in total. The van der Waals surface area contributed by atoms with E-state index in [0.29, 0.717) is 11.4 Å². The van der Waals surface area contributed by atoms with Crippen molar-refractivity contribution in [3.8, 4) is 5.75 Å². The number of hydrogen-bond donors (Lipinski definition) is 2. The maximum atomic E-state index is 12.9. The van der Waals surface area contributed by atoms with Gasteiger partial charge in [-0.15, -0.1) is 0 Å². The van der Waals surface area contributed by atoms with Crippen molar-refractivity contribution in [1.82, 2.24) is 5.32 Å². The molecule has 0 aromatic heterocycles. The Bertz CT molecular complexity index is 858. The molecule has 0 bridgehead atoms. The SMILES string of the molecule is COc1ccccc1NC(=O)CNC(=O)[C@@H]1O[C@@H]2OC(C)(C)O[C@@H]2[C@@H]2OC(C)(C)O[C@@H]21. The Hall–Kier alpha value is -2.24. The predicted octanol–water partition coefficient (Wildman–Crippen LogP) is 1.15. The van der Waals surface area contributed by atoms with Crippen LogP contribution in [0.4, 0.5) is 5.69 Å². The first-order valence-electron chi connectivity index (χ1n) is 10.2. The minimum Gasteiger partial charge on any atom is -0.495 e. The Kier molecular flexibility index (Phi) is 5.69. The second-order valence-corrected chi connectivity index (χ2v) is 8.56. The van der Waals surface area contributed by atoms with Gasteiger partial charge in [0.1, 0.15) is 24.1 Å². The summed E-state index contributed by atoms with van der Waals surface area (Å²) >= 11 is 0. The lowest BCUT2D eigenvalue weighted by Crippen LogP contribution is -2.59. The molecule has 3 aliphatic rings. The second kappa shape index (κ2) is 8.03. The zero-order chi connectivity index (χ0) is 22.4. The van der Waals surface area contributed by atoms with Gasteiger partial charge >= 0.3 is 0 Å². The molecule has 31 heavy (non-hydrogen) atoms. The smallest absolute Gasteiger partial charge is 0.252 e. The van der Waals surface area contributed by atoms with Crippen molar-refractivity contribution >= 4 is 17.5 Å². The van der Waals surface area contributed by atoms with E-state index in [9.17, 15) is 9.59 Å². The molecule has 0 aliphatic carbocycles. The van der Waals surface area contributed by atoms with Crippen LogP contribution in [0.5, 0.6) is 5.75 Å². The van der Waals surface area contributed by atoms with E-state index in [0.717, 1.165) is 0 Å². The van der Waals surface area contributed by atoms with E-state index in [1.54, 1.807) is 52.0 Å². The number of nitrogens with one attached hydrogen (secondary N) is 2. The van der Waals surface area contributed by atoms with Gasteiger partial charge in [-0.1, -0.05) is 12.1 Å². The van der Waals surface area contributed by atoms with Crippen LogP contribution in [0.15, 0.2) is 24.3 Å². The van der Waals surface area contributed by atoms with Gasteiger partial charge in [-0.25, -0.2) is 0 Å². The van der Waals surface area contributed by atoms with E-state index < -0.39 is 54.1 Å². The van der Waals surface area contributed by atoms with Crippen LogP contribution in [0.2, 0.25) is 0 Å². The molecule has 170 valence electrons. The van der Waals surface area contributed by atoms with Crippen LogP contribution >= 0.6 is 0 Å². The third kappa shape index (κ3) is 4.53. The van der Waals surface area contributed by atoms with Gasteiger partial charge < -0.3 is 39.1 Å². The maximum Gasteiger partial charge on any atom is 0.252 e. The minimum absolute atomic E-state index is 0.255. The molecule has 3 saturated heterocycles. The predicted molar refractivity (Wildman–Crippen MR) is 107 cm³/mol. The Morgan fingerprint density at radius 2 is 1.61 bits per heavy atom. The number of para-hydroxylation sites is 2. The third-order valence-corrected chi connectivity index (χ3v) is 5.22. The molecule has 0 unspecified atom stereocenters. The fourth-order valence-corrected chi connectivity index (χ4v) is 4.03. The summed E-state index contributed by atoms with van der Waals surface area (Å²) in [6, 6.07) is 7.00. The molecular formula is C21H28N2O8. The quantitative estimate of drug-likeness (QED) is 0.707. The monoisotopic (exact) mass is 436 g/mol. The molecule has 5 atom stereocenters. The van der Waals surface area contributed by atoms with Crippen molar-refractivity contribution in [2.45, 2.75) is 70.0 Å². The number of ether oxygens (including phenoxy) is 6. The summed E-state index contributed by atoms with van der Waals surface area (Å²) in [6.45, 7) is 6.80. The Labute approximate surface area is 180 Å². The zero-order valence-electron chi connectivity index (χ0n) is 18.2. The van der Waals surface area contributed by atoms with Crippen molar-refractivity contribution in [2.75, 3.05) is 19.0 Å². The molecule has 0 radical (unpaired) electrons. The summed E-state index contributed by atoms with van der Waals surface area (Å²) in [5.74, 6) is -2.18. The number of benzene rings is 1. The summed E-state index contributed by atoms with van der Waals surface area (Å²) in [6.07, 6.45) is -3.59.